The quantitative estimate of drug-likeness (QED) is 0.751. The Bertz CT molecular complexity index is 810. The first kappa shape index (κ1) is 14.2. The number of amidine groups is 1. The molecule has 2 heterocycles. The van der Waals surface area contributed by atoms with Gasteiger partial charge in [-0.1, -0.05) is 61.0 Å². The lowest BCUT2D eigenvalue weighted by Gasteiger charge is -2.19. The maximum absolute atomic E-state index is 6.25. The smallest absolute Gasteiger partial charge is 0.168 e. The third-order valence-electron chi connectivity index (χ3n) is 4.13. The predicted molar refractivity (Wildman–Crippen MR) is 97.4 cm³/mol. The molecule has 2 nitrogen and oxygen atoms in total. The molecule has 0 fully saturated rings. The number of thioether (sulfide) groups is 1. The van der Waals surface area contributed by atoms with Gasteiger partial charge in [-0.2, -0.15) is 0 Å². The maximum atomic E-state index is 6.25. The van der Waals surface area contributed by atoms with Gasteiger partial charge >= 0.3 is 0 Å². The summed E-state index contributed by atoms with van der Waals surface area (Å²) >= 11 is 8.09. The zero-order valence-corrected chi connectivity index (χ0v) is 14.0. The highest BCUT2D eigenvalue weighted by Gasteiger charge is 2.32. The molecule has 4 rings (SSSR count). The molecule has 0 aromatic heterocycles. The van der Waals surface area contributed by atoms with Crippen molar-refractivity contribution < 1.29 is 0 Å². The van der Waals surface area contributed by atoms with E-state index in [0.717, 1.165) is 36.1 Å². The molecule has 0 unspecified atom stereocenters. The van der Waals surface area contributed by atoms with Gasteiger partial charge in [-0.15, -0.1) is 0 Å². The molecule has 2 aliphatic heterocycles. The molecule has 0 spiro atoms. The van der Waals surface area contributed by atoms with E-state index in [4.69, 9.17) is 11.6 Å². The highest BCUT2D eigenvalue weighted by molar-refractivity contribution is 8.17. The van der Waals surface area contributed by atoms with E-state index >= 15 is 0 Å². The average Bonchev–Trinajstić information content (AvgIpc) is 3.08. The molecule has 4 heteroatoms. The second-order valence-electron chi connectivity index (χ2n) is 5.61. The molecule has 2 aromatic carbocycles. The Labute approximate surface area is 139 Å². The minimum Gasteiger partial charge on any atom is -0.318 e. The van der Waals surface area contributed by atoms with Gasteiger partial charge in [-0.05, 0) is 29.3 Å². The van der Waals surface area contributed by atoms with Crippen LogP contribution in [0.4, 0.5) is 0 Å². The van der Waals surface area contributed by atoms with Crippen LogP contribution in [0.1, 0.15) is 25.3 Å². The van der Waals surface area contributed by atoms with Crippen LogP contribution in [0.3, 0.4) is 0 Å². The van der Waals surface area contributed by atoms with Crippen molar-refractivity contribution >= 4 is 45.0 Å². The number of fused-ring (bicyclic) bond motifs is 2. The normalized spacial score (nSPS) is 17.4. The van der Waals surface area contributed by atoms with E-state index in [0.29, 0.717) is 0 Å². The Kier molecular flexibility index (Phi) is 3.63. The topological polar surface area (TPSA) is 15.6 Å². The fourth-order valence-corrected chi connectivity index (χ4v) is 4.64. The van der Waals surface area contributed by atoms with E-state index in [9.17, 15) is 0 Å². The molecular formula is C18H17ClN2S. The summed E-state index contributed by atoms with van der Waals surface area (Å²) in [6.45, 7) is 4.12. The fourth-order valence-electron chi connectivity index (χ4n) is 3.17. The highest BCUT2D eigenvalue weighted by Crippen LogP contribution is 2.45. The summed E-state index contributed by atoms with van der Waals surface area (Å²) in [5.74, 6) is 0. The number of hydrogen-bond acceptors (Lipinski definition) is 3. The van der Waals surface area contributed by atoms with Crippen LogP contribution in [0.15, 0.2) is 46.3 Å². The summed E-state index contributed by atoms with van der Waals surface area (Å²) in [4.78, 5) is 8.46. The van der Waals surface area contributed by atoms with Crippen molar-refractivity contribution in [3.63, 3.8) is 0 Å². The lowest BCUT2D eigenvalue weighted by Crippen LogP contribution is -2.20. The van der Waals surface area contributed by atoms with E-state index in [1.165, 1.54) is 26.9 Å². The standard InChI is InChI=1S/C18H17ClN2S/c1-2-4-16-17(21-10-9-20-18(21)22-16)14-6-3-5-12-7-8-13(19)11-15(12)14/h3,5-8,11H,2,4,9-10H2,1H3. The van der Waals surface area contributed by atoms with E-state index in [2.05, 4.69) is 47.1 Å². The van der Waals surface area contributed by atoms with Gasteiger partial charge in [0, 0.05) is 22.0 Å². The molecule has 0 aliphatic carbocycles. The summed E-state index contributed by atoms with van der Waals surface area (Å²) in [5, 5.41) is 4.42. The Morgan fingerprint density at radius 3 is 3.05 bits per heavy atom. The van der Waals surface area contributed by atoms with Crippen LogP contribution in [0.2, 0.25) is 5.02 Å². The minimum absolute atomic E-state index is 0.790. The van der Waals surface area contributed by atoms with Crippen molar-refractivity contribution in [2.75, 3.05) is 13.1 Å². The number of halogens is 1. The maximum Gasteiger partial charge on any atom is 0.168 e. The molecule has 0 saturated heterocycles. The van der Waals surface area contributed by atoms with Gasteiger partial charge in [-0.25, -0.2) is 0 Å². The van der Waals surface area contributed by atoms with Crippen LogP contribution in [-0.4, -0.2) is 23.2 Å². The summed E-state index contributed by atoms with van der Waals surface area (Å²) in [6.07, 6.45) is 2.25. The van der Waals surface area contributed by atoms with Gasteiger partial charge in [0.1, 0.15) is 0 Å². The Hall–Kier alpha value is -1.45. The summed E-state index contributed by atoms with van der Waals surface area (Å²) < 4.78 is 0. The van der Waals surface area contributed by atoms with Gasteiger partial charge in [0.15, 0.2) is 5.17 Å². The van der Waals surface area contributed by atoms with Crippen molar-refractivity contribution in [1.29, 1.82) is 0 Å². The second kappa shape index (κ2) is 5.64. The van der Waals surface area contributed by atoms with Crippen LogP contribution in [0.5, 0.6) is 0 Å². The molecule has 0 bridgehead atoms. The van der Waals surface area contributed by atoms with Gasteiger partial charge in [0.05, 0.1) is 12.2 Å². The van der Waals surface area contributed by atoms with Crippen LogP contribution in [-0.2, 0) is 0 Å². The first-order valence-corrected chi connectivity index (χ1v) is 8.89. The summed E-state index contributed by atoms with van der Waals surface area (Å²) in [5.41, 5.74) is 2.62. The van der Waals surface area contributed by atoms with Crippen molar-refractivity contribution in [3.8, 4) is 0 Å². The van der Waals surface area contributed by atoms with Crippen molar-refractivity contribution in [3.05, 3.63) is 51.9 Å². The van der Waals surface area contributed by atoms with Gasteiger partial charge in [0.2, 0.25) is 0 Å². The summed E-state index contributed by atoms with van der Waals surface area (Å²) in [7, 11) is 0. The minimum atomic E-state index is 0.790. The monoisotopic (exact) mass is 328 g/mol. The molecule has 112 valence electrons. The fraction of sp³-hybridized carbons (Fsp3) is 0.278. The third kappa shape index (κ3) is 2.24. The Morgan fingerprint density at radius 2 is 2.18 bits per heavy atom. The molecule has 2 aliphatic rings. The number of nitrogens with zero attached hydrogens (tertiary/aromatic N) is 2. The molecule has 0 radical (unpaired) electrons. The lowest BCUT2D eigenvalue weighted by atomic mass is 10.0. The first-order chi connectivity index (χ1) is 10.8. The van der Waals surface area contributed by atoms with E-state index in [1.54, 1.807) is 0 Å². The third-order valence-corrected chi connectivity index (χ3v) is 5.54. The molecular weight excluding hydrogens is 312 g/mol. The molecule has 0 saturated carbocycles. The van der Waals surface area contributed by atoms with Crippen LogP contribution >= 0.6 is 23.4 Å². The van der Waals surface area contributed by atoms with Gasteiger partial charge < -0.3 is 4.90 Å². The largest absolute Gasteiger partial charge is 0.318 e. The molecule has 22 heavy (non-hydrogen) atoms. The Morgan fingerprint density at radius 1 is 1.27 bits per heavy atom. The van der Waals surface area contributed by atoms with Crippen LogP contribution in [0.25, 0.3) is 16.5 Å². The average molecular weight is 329 g/mol. The zero-order chi connectivity index (χ0) is 15.1. The van der Waals surface area contributed by atoms with Crippen molar-refractivity contribution in [2.24, 2.45) is 4.99 Å². The van der Waals surface area contributed by atoms with E-state index in [1.807, 2.05) is 17.8 Å². The molecule has 0 atom stereocenters. The summed E-state index contributed by atoms with van der Waals surface area (Å²) in [6, 6.07) is 12.6. The molecule has 2 aromatic rings. The number of rotatable bonds is 3. The van der Waals surface area contributed by atoms with Crippen LogP contribution < -0.4 is 0 Å². The molecule has 0 amide bonds. The number of aliphatic imine (C=N–C) groups is 1. The zero-order valence-electron chi connectivity index (χ0n) is 12.5. The van der Waals surface area contributed by atoms with Gasteiger partial charge in [0.25, 0.3) is 0 Å². The Balaban J connectivity index is 1.94. The number of hydrogen-bond donors (Lipinski definition) is 0. The second-order valence-corrected chi connectivity index (χ2v) is 7.11. The SMILES string of the molecule is CCCC1=C(c2cccc3ccc(Cl)cc23)N2CCN=C2S1. The van der Waals surface area contributed by atoms with Crippen molar-refractivity contribution in [2.45, 2.75) is 19.8 Å². The van der Waals surface area contributed by atoms with Crippen molar-refractivity contribution in [1.82, 2.24) is 4.90 Å². The van der Waals surface area contributed by atoms with Gasteiger partial charge in [-0.3, -0.25) is 4.99 Å². The predicted octanol–water partition coefficient (Wildman–Crippen LogP) is 5.38. The lowest BCUT2D eigenvalue weighted by molar-refractivity contribution is 0.646. The first-order valence-electron chi connectivity index (χ1n) is 7.69. The molecule has 0 N–H and O–H groups in total. The highest BCUT2D eigenvalue weighted by atomic mass is 35.5. The van der Waals surface area contributed by atoms with E-state index < -0.39 is 0 Å². The van der Waals surface area contributed by atoms with E-state index in [-0.39, 0.29) is 0 Å². The number of allylic oxidation sites excluding steroid dienone is 1. The number of benzene rings is 2. The van der Waals surface area contributed by atoms with Crippen LogP contribution in [0, 0.1) is 0 Å².